The van der Waals surface area contributed by atoms with Crippen LogP contribution in [0.4, 0.5) is 0 Å². The van der Waals surface area contributed by atoms with Crippen molar-refractivity contribution in [3.05, 3.63) is 41.5 Å². The van der Waals surface area contributed by atoms with Crippen molar-refractivity contribution < 1.29 is 4.74 Å². The van der Waals surface area contributed by atoms with Crippen molar-refractivity contribution in [2.45, 2.75) is 46.4 Å². The maximum atomic E-state index is 5.92. The van der Waals surface area contributed by atoms with Gasteiger partial charge in [0.25, 0.3) is 0 Å². The summed E-state index contributed by atoms with van der Waals surface area (Å²) in [4.78, 5) is 0. The summed E-state index contributed by atoms with van der Waals surface area (Å²) in [5, 5.41) is 11.6. The van der Waals surface area contributed by atoms with Gasteiger partial charge in [0, 0.05) is 24.7 Å². The average molecular weight is 288 g/mol. The lowest BCUT2D eigenvalue weighted by atomic mass is 10.1. The molecule has 0 atom stereocenters. The van der Waals surface area contributed by atoms with Gasteiger partial charge in [-0.25, -0.2) is 0 Å². The summed E-state index contributed by atoms with van der Waals surface area (Å²) in [6.45, 7) is 9.58. The van der Waals surface area contributed by atoms with Crippen LogP contribution in [0.1, 0.15) is 38.0 Å². The molecule has 1 aromatic carbocycles. The maximum absolute atomic E-state index is 5.92. The molecule has 0 saturated carbocycles. The van der Waals surface area contributed by atoms with Gasteiger partial charge in [-0.05, 0) is 33.8 Å². The van der Waals surface area contributed by atoms with Crippen LogP contribution >= 0.6 is 0 Å². The predicted octanol–water partition coefficient (Wildman–Crippen LogP) is 2.59. The van der Waals surface area contributed by atoms with E-state index in [1.54, 1.807) is 0 Å². The summed E-state index contributed by atoms with van der Waals surface area (Å²) < 4.78 is 7.86. The van der Waals surface area contributed by atoms with Gasteiger partial charge in [0.15, 0.2) is 5.82 Å². The summed E-state index contributed by atoms with van der Waals surface area (Å²) in [7, 11) is 1.95. The molecule has 0 radical (unpaired) electrons. The van der Waals surface area contributed by atoms with Gasteiger partial charge < -0.3 is 14.6 Å². The van der Waals surface area contributed by atoms with Gasteiger partial charge in [-0.3, -0.25) is 0 Å². The Hall–Kier alpha value is -1.88. The van der Waals surface area contributed by atoms with Gasteiger partial charge in [0.1, 0.15) is 18.2 Å². The molecule has 0 unspecified atom stereocenters. The van der Waals surface area contributed by atoms with E-state index in [9.17, 15) is 0 Å². The summed E-state index contributed by atoms with van der Waals surface area (Å²) >= 11 is 0. The highest BCUT2D eigenvalue weighted by atomic mass is 16.5. The first kappa shape index (κ1) is 15.5. The topological polar surface area (TPSA) is 52.0 Å². The van der Waals surface area contributed by atoms with Gasteiger partial charge in [0.05, 0.1) is 0 Å². The van der Waals surface area contributed by atoms with Crippen LogP contribution in [0.25, 0.3) is 0 Å². The number of benzene rings is 1. The van der Waals surface area contributed by atoms with Crippen LogP contribution in [-0.2, 0) is 20.2 Å². The molecule has 1 heterocycles. The van der Waals surface area contributed by atoms with Crippen molar-refractivity contribution in [3.8, 4) is 5.75 Å². The Bertz CT molecular complexity index is 599. The van der Waals surface area contributed by atoms with E-state index in [2.05, 4.69) is 42.4 Å². The van der Waals surface area contributed by atoms with Crippen LogP contribution in [-0.4, -0.2) is 20.3 Å². The molecule has 5 heteroatoms. The zero-order valence-corrected chi connectivity index (χ0v) is 13.5. The SMILES string of the molecule is Cc1nnc(COc2ccccc2CNC(C)(C)C)n1C. The fourth-order valence-electron chi connectivity index (χ4n) is 1.87. The van der Waals surface area contributed by atoms with E-state index < -0.39 is 0 Å². The molecule has 2 aromatic rings. The Morgan fingerprint density at radius 2 is 1.90 bits per heavy atom. The number of aromatic nitrogens is 3. The zero-order chi connectivity index (χ0) is 15.5. The number of aryl methyl sites for hydroxylation is 1. The first-order valence-electron chi connectivity index (χ1n) is 7.17. The molecule has 0 aliphatic carbocycles. The lowest BCUT2D eigenvalue weighted by molar-refractivity contribution is 0.286. The van der Waals surface area contributed by atoms with Gasteiger partial charge in [0.2, 0.25) is 0 Å². The molecule has 0 aliphatic heterocycles. The van der Waals surface area contributed by atoms with Crippen molar-refractivity contribution in [1.29, 1.82) is 0 Å². The zero-order valence-electron chi connectivity index (χ0n) is 13.5. The summed E-state index contributed by atoms with van der Waals surface area (Å²) in [6.07, 6.45) is 0. The van der Waals surface area contributed by atoms with Crippen LogP contribution in [0.3, 0.4) is 0 Å². The second kappa shape index (κ2) is 6.26. The number of nitrogens with zero attached hydrogens (tertiary/aromatic N) is 3. The standard InChI is InChI=1S/C16H24N4O/c1-12-18-19-15(20(12)5)11-21-14-9-7-6-8-13(14)10-17-16(2,3)4/h6-9,17H,10-11H2,1-5H3. The minimum Gasteiger partial charge on any atom is -0.485 e. The molecule has 21 heavy (non-hydrogen) atoms. The molecule has 0 aliphatic rings. The van der Waals surface area contributed by atoms with Crippen LogP contribution in [0, 0.1) is 6.92 Å². The monoisotopic (exact) mass is 288 g/mol. The summed E-state index contributed by atoms with van der Waals surface area (Å²) in [5.74, 6) is 2.59. The largest absolute Gasteiger partial charge is 0.485 e. The second-order valence-electron chi connectivity index (χ2n) is 6.22. The number of para-hydroxylation sites is 1. The lowest BCUT2D eigenvalue weighted by Gasteiger charge is -2.21. The van der Waals surface area contributed by atoms with Crippen molar-refractivity contribution in [2.75, 3.05) is 0 Å². The molecule has 0 spiro atoms. The Morgan fingerprint density at radius 3 is 2.52 bits per heavy atom. The van der Waals surface area contributed by atoms with E-state index in [0.29, 0.717) is 6.61 Å². The third-order valence-electron chi connectivity index (χ3n) is 3.32. The quantitative estimate of drug-likeness (QED) is 0.919. The van der Waals surface area contributed by atoms with Crippen LogP contribution < -0.4 is 10.1 Å². The average Bonchev–Trinajstić information content (AvgIpc) is 2.74. The van der Waals surface area contributed by atoms with E-state index in [1.807, 2.05) is 36.7 Å². The number of rotatable bonds is 5. The van der Waals surface area contributed by atoms with Crippen molar-refractivity contribution in [3.63, 3.8) is 0 Å². The minimum atomic E-state index is 0.0772. The molecule has 0 saturated heterocycles. The van der Waals surface area contributed by atoms with E-state index in [0.717, 1.165) is 29.5 Å². The molecular formula is C16H24N4O. The first-order chi connectivity index (χ1) is 9.87. The molecule has 0 bridgehead atoms. The van der Waals surface area contributed by atoms with Crippen LogP contribution in [0.15, 0.2) is 24.3 Å². The highest BCUT2D eigenvalue weighted by molar-refractivity contribution is 5.33. The molecule has 0 fully saturated rings. The smallest absolute Gasteiger partial charge is 0.170 e. The van der Waals surface area contributed by atoms with Crippen LogP contribution in [0.5, 0.6) is 5.75 Å². The highest BCUT2D eigenvalue weighted by Gasteiger charge is 2.12. The Kier molecular flexibility index (Phi) is 4.63. The van der Waals surface area contributed by atoms with E-state index in [-0.39, 0.29) is 5.54 Å². The van der Waals surface area contributed by atoms with Gasteiger partial charge >= 0.3 is 0 Å². The number of nitrogens with one attached hydrogen (secondary N) is 1. The number of hydrogen-bond donors (Lipinski definition) is 1. The Morgan fingerprint density at radius 1 is 1.19 bits per heavy atom. The maximum Gasteiger partial charge on any atom is 0.170 e. The molecular weight excluding hydrogens is 264 g/mol. The van der Waals surface area contributed by atoms with E-state index in [4.69, 9.17) is 4.74 Å². The number of hydrogen-bond acceptors (Lipinski definition) is 4. The third-order valence-corrected chi connectivity index (χ3v) is 3.32. The molecule has 114 valence electrons. The fourth-order valence-corrected chi connectivity index (χ4v) is 1.87. The normalized spacial score (nSPS) is 11.7. The fraction of sp³-hybridized carbons (Fsp3) is 0.500. The van der Waals surface area contributed by atoms with E-state index >= 15 is 0 Å². The summed E-state index contributed by atoms with van der Waals surface area (Å²) in [5.41, 5.74) is 1.22. The minimum absolute atomic E-state index is 0.0772. The Balaban J connectivity index is 2.04. The van der Waals surface area contributed by atoms with Crippen molar-refractivity contribution in [2.24, 2.45) is 7.05 Å². The van der Waals surface area contributed by atoms with Gasteiger partial charge in [-0.2, -0.15) is 0 Å². The molecule has 0 amide bonds. The second-order valence-corrected chi connectivity index (χ2v) is 6.22. The predicted molar refractivity (Wildman–Crippen MR) is 83.1 cm³/mol. The molecule has 1 N–H and O–H groups in total. The molecule has 2 rings (SSSR count). The molecule has 1 aromatic heterocycles. The van der Waals surface area contributed by atoms with Gasteiger partial charge in [-0.1, -0.05) is 18.2 Å². The molecule has 5 nitrogen and oxygen atoms in total. The Labute approximate surface area is 126 Å². The van der Waals surface area contributed by atoms with Crippen LogP contribution in [0.2, 0.25) is 0 Å². The highest BCUT2D eigenvalue weighted by Crippen LogP contribution is 2.19. The van der Waals surface area contributed by atoms with Crippen molar-refractivity contribution >= 4 is 0 Å². The van der Waals surface area contributed by atoms with Crippen molar-refractivity contribution in [1.82, 2.24) is 20.1 Å². The number of ether oxygens (including phenoxy) is 1. The van der Waals surface area contributed by atoms with Gasteiger partial charge in [-0.15, -0.1) is 10.2 Å². The third kappa shape index (κ3) is 4.29. The first-order valence-corrected chi connectivity index (χ1v) is 7.17. The lowest BCUT2D eigenvalue weighted by Crippen LogP contribution is -2.35. The summed E-state index contributed by atoms with van der Waals surface area (Å²) in [6, 6.07) is 8.08. The van der Waals surface area contributed by atoms with E-state index in [1.165, 1.54) is 0 Å².